The highest BCUT2D eigenvalue weighted by Gasteiger charge is 2.13. The molecule has 0 aromatic heterocycles. The number of benzene rings is 2. The van der Waals surface area contributed by atoms with E-state index in [-0.39, 0.29) is 17.0 Å². The summed E-state index contributed by atoms with van der Waals surface area (Å²) in [5.41, 5.74) is 2.11. The number of nitrogens with one attached hydrogen (secondary N) is 2. The summed E-state index contributed by atoms with van der Waals surface area (Å²) in [6.07, 6.45) is 0.990. The third-order valence-electron chi connectivity index (χ3n) is 3.22. The first-order valence-corrected chi connectivity index (χ1v) is 7.75. The lowest BCUT2D eigenvalue weighted by Crippen LogP contribution is -2.32. The van der Waals surface area contributed by atoms with Gasteiger partial charge in [-0.25, -0.2) is 5.43 Å². The molecule has 0 bridgehead atoms. The number of carbonyl (C=O) groups excluding carboxylic acids is 2. The first-order valence-electron chi connectivity index (χ1n) is 7.75. The zero-order chi connectivity index (χ0) is 19.8. The second kappa shape index (κ2) is 8.94. The molecule has 3 N–H and O–H groups in total. The van der Waals surface area contributed by atoms with Crippen molar-refractivity contribution >= 4 is 29.4 Å². The van der Waals surface area contributed by atoms with Crippen molar-refractivity contribution in [2.75, 3.05) is 11.9 Å². The maximum atomic E-state index is 11.8. The minimum Gasteiger partial charge on any atom is -0.507 e. The minimum atomic E-state index is -1.05. The molecule has 2 amide bonds. The monoisotopic (exact) mass is 372 g/mol. The lowest BCUT2D eigenvalue weighted by molar-refractivity contribution is -0.384. The van der Waals surface area contributed by atoms with E-state index < -0.39 is 16.7 Å². The van der Waals surface area contributed by atoms with E-state index in [4.69, 9.17) is 4.74 Å². The molecule has 0 aliphatic carbocycles. The number of anilines is 1. The molecule has 2 aromatic carbocycles. The van der Waals surface area contributed by atoms with Gasteiger partial charge in [0.2, 0.25) is 0 Å². The molecule has 2 rings (SSSR count). The van der Waals surface area contributed by atoms with Crippen molar-refractivity contribution < 1.29 is 24.4 Å². The Hall–Kier alpha value is -3.95. The Morgan fingerprint density at radius 3 is 2.56 bits per heavy atom. The Labute approximate surface area is 153 Å². The van der Waals surface area contributed by atoms with E-state index in [0.29, 0.717) is 18.0 Å². The largest absolute Gasteiger partial charge is 0.507 e. The highest BCUT2D eigenvalue weighted by atomic mass is 16.6. The lowest BCUT2D eigenvalue weighted by atomic mass is 10.2. The van der Waals surface area contributed by atoms with Crippen molar-refractivity contribution in [1.29, 1.82) is 0 Å². The quantitative estimate of drug-likeness (QED) is 0.305. The predicted octanol–water partition coefficient (Wildman–Crippen LogP) is 1.79. The first-order chi connectivity index (χ1) is 12.9. The van der Waals surface area contributed by atoms with Gasteiger partial charge in [-0.3, -0.25) is 19.7 Å². The number of hydrazone groups is 1. The number of nitro groups is 1. The molecule has 10 nitrogen and oxygen atoms in total. The van der Waals surface area contributed by atoms with Gasteiger partial charge in [0.05, 0.1) is 17.7 Å². The number of phenols is 1. The van der Waals surface area contributed by atoms with Gasteiger partial charge in [0.15, 0.2) is 0 Å². The summed E-state index contributed by atoms with van der Waals surface area (Å²) in [7, 11) is 0. The Morgan fingerprint density at radius 1 is 1.22 bits per heavy atom. The van der Waals surface area contributed by atoms with Crippen molar-refractivity contribution in [2.24, 2.45) is 5.10 Å². The third-order valence-corrected chi connectivity index (χ3v) is 3.22. The Morgan fingerprint density at radius 2 is 1.93 bits per heavy atom. The SMILES string of the molecule is CCOc1ccc(NC(=O)C(=O)NN=Cc2cc([N+](=O)[O-])ccc2O)cc1. The highest BCUT2D eigenvalue weighted by molar-refractivity contribution is 6.39. The summed E-state index contributed by atoms with van der Waals surface area (Å²) in [4.78, 5) is 33.6. The summed E-state index contributed by atoms with van der Waals surface area (Å²) in [6, 6.07) is 9.74. The van der Waals surface area contributed by atoms with Crippen LogP contribution in [0.2, 0.25) is 0 Å². The van der Waals surface area contributed by atoms with E-state index in [1.54, 1.807) is 24.3 Å². The maximum Gasteiger partial charge on any atom is 0.329 e. The lowest BCUT2D eigenvalue weighted by Gasteiger charge is -2.06. The average molecular weight is 372 g/mol. The van der Waals surface area contributed by atoms with Crippen molar-refractivity contribution in [3.8, 4) is 11.5 Å². The van der Waals surface area contributed by atoms with Gasteiger partial charge < -0.3 is 15.2 Å². The number of carbonyl (C=O) groups is 2. The second-order valence-electron chi connectivity index (χ2n) is 5.11. The zero-order valence-electron chi connectivity index (χ0n) is 14.2. The van der Waals surface area contributed by atoms with Crippen molar-refractivity contribution in [2.45, 2.75) is 6.92 Å². The average Bonchev–Trinajstić information content (AvgIpc) is 2.64. The molecular formula is C17H16N4O6. The van der Waals surface area contributed by atoms with Gasteiger partial charge in [-0.1, -0.05) is 0 Å². The van der Waals surface area contributed by atoms with Crippen molar-refractivity contribution in [3.63, 3.8) is 0 Å². The van der Waals surface area contributed by atoms with Gasteiger partial charge in [-0.05, 0) is 37.3 Å². The summed E-state index contributed by atoms with van der Waals surface area (Å²) in [5.74, 6) is -1.65. The first kappa shape index (κ1) is 19.4. The molecule has 0 radical (unpaired) electrons. The van der Waals surface area contributed by atoms with E-state index in [9.17, 15) is 24.8 Å². The third kappa shape index (κ3) is 5.53. The fourth-order valence-electron chi connectivity index (χ4n) is 1.96. The summed E-state index contributed by atoms with van der Waals surface area (Å²) >= 11 is 0. The van der Waals surface area contributed by atoms with Gasteiger partial charge in [0.1, 0.15) is 11.5 Å². The highest BCUT2D eigenvalue weighted by Crippen LogP contribution is 2.21. The fourth-order valence-corrected chi connectivity index (χ4v) is 1.96. The van der Waals surface area contributed by atoms with Crippen molar-refractivity contribution in [1.82, 2.24) is 5.43 Å². The van der Waals surface area contributed by atoms with Crippen LogP contribution in [0.25, 0.3) is 0 Å². The van der Waals surface area contributed by atoms with E-state index in [1.165, 1.54) is 0 Å². The van der Waals surface area contributed by atoms with Crippen LogP contribution in [0.5, 0.6) is 11.5 Å². The zero-order valence-corrected chi connectivity index (χ0v) is 14.2. The normalized spacial score (nSPS) is 10.4. The molecule has 0 atom stereocenters. The molecule has 140 valence electrons. The number of rotatable bonds is 6. The number of aromatic hydroxyl groups is 1. The molecule has 0 fully saturated rings. The van der Waals surface area contributed by atoms with Crippen LogP contribution >= 0.6 is 0 Å². The minimum absolute atomic E-state index is 0.0106. The second-order valence-corrected chi connectivity index (χ2v) is 5.11. The van der Waals surface area contributed by atoms with Crippen LogP contribution in [0.4, 0.5) is 11.4 Å². The molecule has 27 heavy (non-hydrogen) atoms. The Balaban J connectivity index is 1.94. The molecule has 0 spiro atoms. The number of ether oxygens (including phenoxy) is 1. The molecule has 0 heterocycles. The van der Waals surface area contributed by atoms with Gasteiger partial charge in [0, 0.05) is 23.4 Å². The molecule has 2 aromatic rings. The van der Waals surface area contributed by atoms with Gasteiger partial charge >= 0.3 is 11.8 Å². The number of hydrogen-bond donors (Lipinski definition) is 3. The van der Waals surface area contributed by atoms with E-state index in [2.05, 4.69) is 10.4 Å². The van der Waals surface area contributed by atoms with Gasteiger partial charge in [0.25, 0.3) is 5.69 Å². The molecular weight excluding hydrogens is 356 g/mol. The van der Waals surface area contributed by atoms with Crippen LogP contribution in [0.1, 0.15) is 12.5 Å². The molecule has 0 saturated carbocycles. The van der Waals surface area contributed by atoms with Crippen LogP contribution in [-0.2, 0) is 9.59 Å². The fraction of sp³-hybridized carbons (Fsp3) is 0.118. The standard InChI is InChI=1S/C17H16N4O6/c1-2-27-14-6-3-12(4-7-14)19-16(23)17(24)20-18-10-11-9-13(21(25)26)5-8-15(11)22/h3-10,22H,2H2,1H3,(H,19,23)(H,20,24). The Kier molecular flexibility index (Phi) is 6.42. The van der Waals surface area contributed by atoms with Crippen LogP contribution in [-0.4, -0.2) is 34.7 Å². The molecule has 0 aliphatic rings. The number of hydrogen-bond acceptors (Lipinski definition) is 7. The number of nitro benzene ring substituents is 1. The van der Waals surface area contributed by atoms with E-state index in [0.717, 1.165) is 24.4 Å². The van der Waals surface area contributed by atoms with E-state index in [1.807, 2.05) is 12.3 Å². The number of nitrogens with zero attached hydrogens (tertiary/aromatic N) is 2. The van der Waals surface area contributed by atoms with Crippen LogP contribution in [0, 0.1) is 10.1 Å². The predicted molar refractivity (Wildman–Crippen MR) is 96.7 cm³/mol. The number of non-ortho nitro benzene ring substituents is 1. The van der Waals surface area contributed by atoms with Gasteiger partial charge in [-0.2, -0.15) is 5.10 Å². The summed E-state index contributed by atoms with van der Waals surface area (Å²) in [5, 5.41) is 26.2. The maximum absolute atomic E-state index is 11.8. The van der Waals surface area contributed by atoms with Crippen LogP contribution < -0.4 is 15.5 Å². The topological polar surface area (TPSA) is 143 Å². The Bertz CT molecular complexity index is 879. The molecule has 0 aliphatic heterocycles. The van der Waals surface area contributed by atoms with Crippen molar-refractivity contribution in [3.05, 3.63) is 58.1 Å². The number of amides is 2. The number of phenolic OH excluding ortho intramolecular Hbond substituents is 1. The van der Waals surface area contributed by atoms with Crippen LogP contribution in [0.3, 0.4) is 0 Å². The van der Waals surface area contributed by atoms with Crippen LogP contribution in [0.15, 0.2) is 47.6 Å². The molecule has 0 saturated heterocycles. The molecule has 10 heteroatoms. The van der Waals surface area contributed by atoms with Gasteiger partial charge in [-0.15, -0.1) is 0 Å². The smallest absolute Gasteiger partial charge is 0.329 e. The molecule has 0 unspecified atom stereocenters. The van der Waals surface area contributed by atoms with E-state index >= 15 is 0 Å². The summed E-state index contributed by atoms with van der Waals surface area (Å²) in [6.45, 7) is 2.35. The summed E-state index contributed by atoms with van der Waals surface area (Å²) < 4.78 is 5.27.